The zero-order chi connectivity index (χ0) is 14.9. The van der Waals surface area contributed by atoms with Gasteiger partial charge in [0.1, 0.15) is 0 Å². The van der Waals surface area contributed by atoms with Crippen LogP contribution in [-0.2, 0) is 12.8 Å². The Morgan fingerprint density at radius 3 is 2.68 bits per heavy atom. The van der Waals surface area contributed by atoms with Crippen LogP contribution in [0.3, 0.4) is 0 Å². The van der Waals surface area contributed by atoms with Crippen molar-refractivity contribution in [1.29, 1.82) is 0 Å². The zero-order valence-corrected chi connectivity index (χ0v) is 13.3. The second kappa shape index (κ2) is 5.81. The maximum Gasteiger partial charge on any atom is 0.225 e. The van der Waals surface area contributed by atoms with Crippen LogP contribution in [0, 0.1) is 0 Å². The first kappa shape index (κ1) is 13.9. The van der Waals surface area contributed by atoms with Crippen molar-refractivity contribution in [2.75, 3.05) is 36.8 Å². The number of hydrogen-bond donors (Lipinski definition) is 1. The number of aromatic nitrogens is 3. The number of hydrogen-bond acceptors (Lipinski definition) is 7. The quantitative estimate of drug-likeness (QED) is 0.897. The van der Waals surface area contributed by atoms with E-state index in [1.165, 1.54) is 17.0 Å². The molecule has 0 spiro atoms. The monoisotopic (exact) mass is 316 g/mol. The summed E-state index contributed by atoms with van der Waals surface area (Å²) < 4.78 is 0. The Labute approximate surface area is 134 Å². The second-order valence-corrected chi connectivity index (χ2v) is 7.01. The van der Waals surface area contributed by atoms with E-state index < -0.39 is 0 Å². The predicted octanol–water partition coefficient (Wildman–Crippen LogP) is 1.19. The number of thiazole rings is 1. The molecule has 0 bridgehead atoms. The molecular weight excluding hydrogens is 296 g/mol. The molecular formula is C15H20N6S. The van der Waals surface area contributed by atoms with Crippen LogP contribution in [0.2, 0.25) is 0 Å². The fourth-order valence-electron chi connectivity index (χ4n) is 3.43. The summed E-state index contributed by atoms with van der Waals surface area (Å²) >= 11 is 1.66. The highest BCUT2D eigenvalue weighted by atomic mass is 32.1. The summed E-state index contributed by atoms with van der Waals surface area (Å²) in [5.41, 5.74) is 7.07. The molecule has 116 valence electrons. The summed E-state index contributed by atoms with van der Waals surface area (Å²) in [4.78, 5) is 19.4. The van der Waals surface area contributed by atoms with Gasteiger partial charge in [0, 0.05) is 49.5 Å². The van der Waals surface area contributed by atoms with Crippen LogP contribution >= 0.6 is 11.3 Å². The molecule has 6 nitrogen and oxygen atoms in total. The van der Waals surface area contributed by atoms with E-state index in [0.29, 0.717) is 6.04 Å². The molecule has 2 aromatic heterocycles. The van der Waals surface area contributed by atoms with E-state index in [2.05, 4.69) is 24.8 Å². The Balaban J connectivity index is 1.38. The van der Waals surface area contributed by atoms with Crippen molar-refractivity contribution in [3.8, 4) is 0 Å². The molecule has 1 aliphatic carbocycles. The SMILES string of the molecule is Nc1nc2c(s1)CC(N1CCN(c3ncccn3)CC1)CC2. The Kier molecular flexibility index (Phi) is 3.67. The molecule has 22 heavy (non-hydrogen) atoms. The summed E-state index contributed by atoms with van der Waals surface area (Å²) in [6.07, 6.45) is 6.98. The van der Waals surface area contributed by atoms with Crippen LogP contribution in [0.1, 0.15) is 17.0 Å². The number of nitrogens with zero attached hydrogens (tertiary/aromatic N) is 5. The highest BCUT2D eigenvalue weighted by Gasteiger charge is 2.29. The highest BCUT2D eigenvalue weighted by Crippen LogP contribution is 2.30. The van der Waals surface area contributed by atoms with Gasteiger partial charge in [0.25, 0.3) is 0 Å². The Hall–Kier alpha value is -1.73. The van der Waals surface area contributed by atoms with Crippen molar-refractivity contribution < 1.29 is 0 Å². The molecule has 1 fully saturated rings. The van der Waals surface area contributed by atoms with Crippen molar-refractivity contribution in [2.45, 2.75) is 25.3 Å². The summed E-state index contributed by atoms with van der Waals surface area (Å²) in [6, 6.07) is 2.49. The van der Waals surface area contributed by atoms with Crippen LogP contribution in [0.25, 0.3) is 0 Å². The van der Waals surface area contributed by atoms with Gasteiger partial charge in [-0.3, -0.25) is 4.90 Å². The molecule has 0 saturated carbocycles. The number of nitrogen functional groups attached to an aromatic ring is 1. The second-order valence-electron chi connectivity index (χ2n) is 5.89. The van der Waals surface area contributed by atoms with Crippen molar-refractivity contribution in [2.24, 2.45) is 0 Å². The molecule has 2 N–H and O–H groups in total. The summed E-state index contributed by atoms with van der Waals surface area (Å²) in [6.45, 7) is 4.15. The van der Waals surface area contributed by atoms with Crippen LogP contribution in [-0.4, -0.2) is 52.1 Å². The summed E-state index contributed by atoms with van der Waals surface area (Å²) in [5.74, 6) is 0.850. The van der Waals surface area contributed by atoms with Gasteiger partial charge in [-0.25, -0.2) is 15.0 Å². The van der Waals surface area contributed by atoms with E-state index in [4.69, 9.17) is 5.73 Å². The standard InChI is InChI=1S/C15H20N6S/c16-14-19-12-3-2-11(10-13(12)22-14)20-6-8-21(9-7-20)15-17-4-1-5-18-15/h1,4-5,11H,2-3,6-10H2,(H2,16,19). The van der Waals surface area contributed by atoms with Gasteiger partial charge < -0.3 is 10.6 Å². The summed E-state index contributed by atoms with van der Waals surface area (Å²) in [7, 11) is 0. The molecule has 2 aliphatic rings. The average Bonchev–Trinajstić information content (AvgIpc) is 2.95. The number of piperazine rings is 1. The van der Waals surface area contributed by atoms with Gasteiger partial charge in [0.05, 0.1) is 5.69 Å². The third kappa shape index (κ3) is 2.66. The molecule has 7 heteroatoms. The van der Waals surface area contributed by atoms with Crippen molar-refractivity contribution in [3.63, 3.8) is 0 Å². The number of aryl methyl sites for hydroxylation is 1. The molecule has 3 heterocycles. The molecule has 0 aromatic carbocycles. The van der Waals surface area contributed by atoms with Crippen LogP contribution < -0.4 is 10.6 Å². The van der Waals surface area contributed by atoms with Crippen LogP contribution in [0.15, 0.2) is 18.5 Å². The molecule has 2 aromatic rings. The largest absolute Gasteiger partial charge is 0.375 e. The number of nitrogens with two attached hydrogens (primary N) is 1. The van der Waals surface area contributed by atoms with E-state index in [0.717, 1.165) is 50.1 Å². The molecule has 1 saturated heterocycles. The fourth-order valence-corrected chi connectivity index (χ4v) is 4.38. The van der Waals surface area contributed by atoms with Gasteiger partial charge in [0.15, 0.2) is 5.13 Å². The van der Waals surface area contributed by atoms with E-state index in [9.17, 15) is 0 Å². The Morgan fingerprint density at radius 2 is 1.91 bits per heavy atom. The molecule has 0 amide bonds. The van der Waals surface area contributed by atoms with Gasteiger partial charge in [0.2, 0.25) is 5.95 Å². The smallest absolute Gasteiger partial charge is 0.225 e. The Bertz CT molecular complexity index is 635. The lowest BCUT2D eigenvalue weighted by Gasteiger charge is -2.40. The van der Waals surface area contributed by atoms with Crippen LogP contribution in [0.4, 0.5) is 11.1 Å². The number of fused-ring (bicyclic) bond motifs is 1. The third-order valence-electron chi connectivity index (χ3n) is 4.60. The topological polar surface area (TPSA) is 71.2 Å². The molecule has 4 rings (SSSR count). The van der Waals surface area contributed by atoms with Gasteiger partial charge in [-0.15, -0.1) is 11.3 Å². The van der Waals surface area contributed by atoms with Gasteiger partial charge in [-0.05, 0) is 25.3 Å². The lowest BCUT2D eigenvalue weighted by molar-refractivity contribution is 0.170. The predicted molar refractivity (Wildman–Crippen MR) is 88.2 cm³/mol. The first-order valence-corrected chi connectivity index (χ1v) is 8.61. The molecule has 0 radical (unpaired) electrons. The number of rotatable bonds is 2. The van der Waals surface area contributed by atoms with Crippen LogP contribution in [0.5, 0.6) is 0 Å². The normalized spacial score (nSPS) is 22.5. The van der Waals surface area contributed by atoms with Crippen molar-refractivity contribution >= 4 is 22.4 Å². The highest BCUT2D eigenvalue weighted by molar-refractivity contribution is 7.15. The van der Waals surface area contributed by atoms with Gasteiger partial charge in [-0.2, -0.15) is 0 Å². The molecule has 1 unspecified atom stereocenters. The minimum absolute atomic E-state index is 0.631. The first-order chi connectivity index (χ1) is 10.8. The molecule has 1 atom stereocenters. The minimum Gasteiger partial charge on any atom is -0.375 e. The Morgan fingerprint density at radius 1 is 1.14 bits per heavy atom. The lowest BCUT2D eigenvalue weighted by atomic mass is 9.96. The fraction of sp³-hybridized carbons (Fsp3) is 0.533. The first-order valence-electron chi connectivity index (χ1n) is 7.79. The van der Waals surface area contributed by atoms with E-state index in [1.54, 1.807) is 11.3 Å². The summed E-state index contributed by atoms with van der Waals surface area (Å²) in [5, 5.41) is 0.719. The number of anilines is 2. The van der Waals surface area contributed by atoms with Gasteiger partial charge >= 0.3 is 0 Å². The maximum absolute atomic E-state index is 5.84. The maximum atomic E-state index is 5.84. The van der Waals surface area contributed by atoms with E-state index >= 15 is 0 Å². The third-order valence-corrected chi connectivity index (χ3v) is 5.54. The average molecular weight is 316 g/mol. The van der Waals surface area contributed by atoms with E-state index in [-0.39, 0.29) is 0 Å². The van der Waals surface area contributed by atoms with E-state index in [1.807, 2.05) is 18.5 Å². The zero-order valence-electron chi connectivity index (χ0n) is 12.5. The minimum atomic E-state index is 0.631. The van der Waals surface area contributed by atoms with Crippen molar-refractivity contribution in [1.82, 2.24) is 19.9 Å². The van der Waals surface area contributed by atoms with Gasteiger partial charge in [-0.1, -0.05) is 0 Å². The lowest BCUT2D eigenvalue weighted by Crippen LogP contribution is -2.52. The van der Waals surface area contributed by atoms with Crippen molar-refractivity contribution in [3.05, 3.63) is 29.0 Å². The molecule has 1 aliphatic heterocycles.